The van der Waals surface area contributed by atoms with Gasteiger partial charge in [-0.2, -0.15) is 0 Å². The molecular weight excluding hydrogens is 567 g/mol. The fourth-order valence-electron chi connectivity index (χ4n) is 5.10. The molecule has 0 saturated heterocycles. The van der Waals surface area contributed by atoms with Gasteiger partial charge in [0.25, 0.3) is 0 Å². The van der Waals surface area contributed by atoms with Crippen LogP contribution in [-0.4, -0.2) is 15.7 Å². The van der Waals surface area contributed by atoms with Crippen molar-refractivity contribution in [2.45, 2.75) is 13.8 Å². The van der Waals surface area contributed by atoms with Gasteiger partial charge in [-0.1, -0.05) is 152 Å². The number of rotatable bonds is 6. The van der Waals surface area contributed by atoms with Crippen molar-refractivity contribution in [3.8, 4) is 22.6 Å². The Kier molecular flexibility index (Phi) is 8.86. The summed E-state index contributed by atoms with van der Waals surface area (Å²) >= 11 is 1.72. The lowest BCUT2D eigenvalue weighted by atomic mass is 10.0. The molecule has 45 heavy (non-hydrogen) atoms. The summed E-state index contributed by atoms with van der Waals surface area (Å²) in [4.78, 5) is 15.5. The van der Waals surface area contributed by atoms with Gasteiger partial charge < -0.3 is 0 Å². The number of hydrogen-bond donors (Lipinski definition) is 0. The van der Waals surface area contributed by atoms with Crippen LogP contribution in [0.2, 0.25) is 0 Å². The van der Waals surface area contributed by atoms with Gasteiger partial charge in [0.2, 0.25) is 0 Å². The van der Waals surface area contributed by atoms with Crippen LogP contribution in [0, 0.1) is 0 Å². The fourth-order valence-corrected chi connectivity index (χ4v) is 6.18. The Hall–Kier alpha value is -5.45. The average molecular weight is 600 g/mol. The Morgan fingerprint density at radius 2 is 1.16 bits per heavy atom. The maximum absolute atomic E-state index is 5.01. The van der Waals surface area contributed by atoms with Gasteiger partial charge in [-0.25, -0.2) is 9.97 Å². The molecule has 2 aromatic heterocycles. The second-order valence-corrected chi connectivity index (χ2v) is 11.8. The quantitative estimate of drug-likeness (QED) is 0.178. The third-order valence-corrected chi connectivity index (χ3v) is 8.59. The first-order chi connectivity index (χ1) is 22.0. The number of fused-ring (bicyclic) bond motifs is 3. The fraction of sp³-hybridized carbons (Fsp3) is 0.0488. The molecule has 0 aliphatic heterocycles. The van der Waals surface area contributed by atoms with Crippen LogP contribution >= 0.6 is 11.3 Å². The molecule has 218 valence electrons. The highest BCUT2D eigenvalue weighted by Gasteiger charge is 2.16. The first-order valence-electron chi connectivity index (χ1n) is 14.8. The van der Waals surface area contributed by atoms with Gasteiger partial charge >= 0.3 is 0 Å². The zero-order valence-electron chi connectivity index (χ0n) is 25.4. The topological polar surface area (TPSA) is 38.1 Å². The maximum atomic E-state index is 5.01. The second kappa shape index (κ2) is 13.5. The molecule has 0 spiro atoms. The van der Waals surface area contributed by atoms with Gasteiger partial charge in [-0.15, -0.1) is 11.3 Å². The van der Waals surface area contributed by atoms with Crippen molar-refractivity contribution in [3.05, 3.63) is 169 Å². The number of nitrogens with zero attached hydrogens (tertiary/aromatic N) is 3. The highest BCUT2D eigenvalue weighted by molar-refractivity contribution is 7.25. The van der Waals surface area contributed by atoms with Crippen molar-refractivity contribution >= 4 is 48.6 Å². The molecule has 0 fully saturated rings. The number of benzene rings is 5. The van der Waals surface area contributed by atoms with Crippen LogP contribution in [0.15, 0.2) is 158 Å². The summed E-state index contributed by atoms with van der Waals surface area (Å²) < 4.78 is 1.23. The van der Waals surface area contributed by atoms with Gasteiger partial charge in [0, 0.05) is 32.3 Å². The van der Waals surface area contributed by atoms with E-state index in [4.69, 9.17) is 9.97 Å². The van der Waals surface area contributed by atoms with E-state index in [0.29, 0.717) is 0 Å². The summed E-state index contributed by atoms with van der Waals surface area (Å²) in [7, 11) is 0. The van der Waals surface area contributed by atoms with Crippen LogP contribution in [-0.2, 0) is 0 Å². The summed E-state index contributed by atoms with van der Waals surface area (Å²) in [6, 6.07) is 47.3. The van der Waals surface area contributed by atoms with Gasteiger partial charge in [-0.3, -0.25) is 4.99 Å². The molecule has 0 atom stereocenters. The van der Waals surface area contributed by atoms with Crippen LogP contribution in [0.1, 0.15) is 30.5 Å². The number of aromatic nitrogens is 2. The SMILES string of the molecule is C=C(C)c1ccc(-c2nc(-c3ccccc3)c3c(n2)sc2ccccc23)cc1.C=C(N=C(C)c1ccccc1)c1ccccc1. The molecule has 0 aliphatic carbocycles. The van der Waals surface area contributed by atoms with E-state index >= 15 is 0 Å². The zero-order valence-corrected chi connectivity index (χ0v) is 26.3. The number of thiophene rings is 1. The van der Waals surface area contributed by atoms with Crippen LogP contribution in [0.4, 0.5) is 0 Å². The van der Waals surface area contributed by atoms with Crippen LogP contribution in [0.25, 0.3) is 54.2 Å². The largest absolute Gasteiger partial charge is 0.253 e. The molecule has 7 rings (SSSR count). The molecular formula is C41H33N3S. The van der Waals surface area contributed by atoms with Crippen molar-refractivity contribution in [1.82, 2.24) is 9.97 Å². The standard InChI is InChI=1S/C25H18N2S.C16H15N/c1-16(2)17-12-14-19(15-13-17)24-26-23(18-8-4-3-5-9-18)22-20-10-6-7-11-21(20)28-25(22)27-24;1-13(15-9-5-3-6-10-15)17-14(2)16-11-7-4-8-12-16/h3-15H,1H2,2H3;3-12H,1H2,2H3. The van der Waals surface area contributed by atoms with Crippen molar-refractivity contribution in [3.63, 3.8) is 0 Å². The Balaban J connectivity index is 0.000000180. The summed E-state index contributed by atoms with van der Waals surface area (Å²) in [5, 5.41) is 2.35. The number of hydrogen-bond acceptors (Lipinski definition) is 4. The van der Waals surface area contributed by atoms with Gasteiger partial charge in [0.15, 0.2) is 5.82 Å². The van der Waals surface area contributed by atoms with Crippen LogP contribution in [0.3, 0.4) is 0 Å². The second-order valence-electron chi connectivity index (χ2n) is 10.8. The number of allylic oxidation sites excluding steroid dienone is 1. The minimum absolute atomic E-state index is 0.756. The highest BCUT2D eigenvalue weighted by atomic mass is 32.1. The van der Waals surface area contributed by atoms with E-state index in [2.05, 4.69) is 103 Å². The van der Waals surface area contributed by atoms with Crippen molar-refractivity contribution in [2.75, 3.05) is 0 Å². The monoisotopic (exact) mass is 599 g/mol. The van der Waals surface area contributed by atoms with E-state index in [9.17, 15) is 0 Å². The highest BCUT2D eigenvalue weighted by Crippen LogP contribution is 2.39. The lowest BCUT2D eigenvalue weighted by molar-refractivity contribution is 1.24. The van der Waals surface area contributed by atoms with E-state index in [0.717, 1.165) is 66.5 Å². The van der Waals surface area contributed by atoms with E-state index < -0.39 is 0 Å². The van der Waals surface area contributed by atoms with Crippen molar-refractivity contribution in [2.24, 2.45) is 4.99 Å². The minimum Gasteiger partial charge on any atom is -0.253 e. The predicted octanol–water partition coefficient (Wildman–Crippen LogP) is 11.4. The third kappa shape index (κ3) is 6.72. The maximum Gasteiger partial charge on any atom is 0.161 e. The predicted molar refractivity (Wildman–Crippen MR) is 195 cm³/mol. The van der Waals surface area contributed by atoms with Crippen LogP contribution in [0.5, 0.6) is 0 Å². The molecule has 7 aromatic rings. The summed E-state index contributed by atoms with van der Waals surface area (Å²) in [6.45, 7) is 12.0. The first kappa shape index (κ1) is 29.6. The lowest BCUT2D eigenvalue weighted by Gasteiger charge is -2.08. The number of aliphatic imine (C=N–C) groups is 1. The normalized spacial score (nSPS) is 11.2. The molecule has 4 heteroatoms. The Bertz CT molecular complexity index is 2130. The molecule has 2 heterocycles. The molecule has 0 saturated carbocycles. The zero-order chi connectivity index (χ0) is 31.2. The molecule has 0 N–H and O–H groups in total. The van der Waals surface area contributed by atoms with E-state index in [1.807, 2.05) is 68.4 Å². The molecule has 3 nitrogen and oxygen atoms in total. The average Bonchev–Trinajstić information content (AvgIpc) is 3.48. The van der Waals surface area contributed by atoms with Crippen molar-refractivity contribution in [1.29, 1.82) is 0 Å². The summed E-state index contributed by atoms with van der Waals surface area (Å²) in [5.74, 6) is 0.756. The van der Waals surface area contributed by atoms with Gasteiger partial charge in [0.05, 0.1) is 11.4 Å². The molecule has 0 radical (unpaired) electrons. The molecule has 0 unspecified atom stereocenters. The summed E-state index contributed by atoms with van der Waals surface area (Å²) in [6.07, 6.45) is 0. The molecule has 5 aromatic carbocycles. The molecule has 0 amide bonds. The first-order valence-corrected chi connectivity index (χ1v) is 15.7. The summed E-state index contributed by atoms with van der Waals surface area (Å²) in [5.41, 5.74) is 9.27. The smallest absolute Gasteiger partial charge is 0.161 e. The Labute approximate surface area is 268 Å². The van der Waals surface area contributed by atoms with E-state index in [1.165, 1.54) is 10.1 Å². The minimum atomic E-state index is 0.756. The van der Waals surface area contributed by atoms with Crippen LogP contribution < -0.4 is 0 Å². The Morgan fingerprint density at radius 1 is 0.578 bits per heavy atom. The molecule has 0 bridgehead atoms. The van der Waals surface area contributed by atoms with Gasteiger partial charge in [-0.05, 0) is 36.6 Å². The van der Waals surface area contributed by atoms with E-state index in [1.54, 1.807) is 11.3 Å². The molecule has 0 aliphatic rings. The van der Waals surface area contributed by atoms with E-state index in [-0.39, 0.29) is 0 Å². The van der Waals surface area contributed by atoms with Crippen molar-refractivity contribution < 1.29 is 0 Å². The third-order valence-electron chi connectivity index (χ3n) is 7.52. The Morgan fingerprint density at radius 3 is 1.80 bits per heavy atom. The van der Waals surface area contributed by atoms with Gasteiger partial charge in [0.1, 0.15) is 4.83 Å². The lowest BCUT2D eigenvalue weighted by Crippen LogP contribution is -1.94.